The third-order valence-corrected chi connectivity index (χ3v) is 7.91. The lowest BCUT2D eigenvalue weighted by Gasteiger charge is -2.37. The van der Waals surface area contributed by atoms with E-state index in [4.69, 9.17) is 0 Å². The quantitative estimate of drug-likeness (QED) is 0.289. The van der Waals surface area contributed by atoms with Crippen molar-refractivity contribution >= 4 is 11.8 Å². The molecule has 0 bridgehead atoms. The number of aromatic nitrogens is 1. The molecular weight excluding hydrogens is 470 g/mol. The zero-order chi connectivity index (χ0) is 26.9. The fourth-order valence-corrected chi connectivity index (χ4v) is 5.71. The minimum atomic E-state index is -0.238. The first-order chi connectivity index (χ1) is 18.5. The van der Waals surface area contributed by atoms with Gasteiger partial charge in [0.15, 0.2) is 0 Å². The fourth-order valence-electron chi connectivity index (χ4n) is 5.71. The van der Waals surface area contributed by atoms with Gasteiger partial charge >= 0.3 is 0 Å². The summed E-state index contributed by atoms with van der Waals surface area (Å²) >= 11 is 0. The monoisotopic (exact) mass is 513 g/mol. The van der Waals surface area contributed by atoms with Crippen LogP contribution in [0.15, 0.2) is 79.0 Å². The van der Waals surface area contributed by atoms with Gasteiger partial charge in [-0.05, 0) is 56.4 Å². The van der Waals surface area contributed by atoms with Crippen molar-refractivity contribution in [3.05, 3.63) is 95.8 Å². The molecule has 0 saturated heterocycles. The second-order valence-corrected chi connectivity index (χ2v) is 10.9. The fraction of sp³-hybridized carbons (Fsp3) is 0.455. The zero-order valence-corrected chi connectivity index (χ0v) is 23.3. The van der Waals surface area contributed by atoms with Gasteiger partial charge in [0.05, 0.1) is 12.5 Å². The van der Waals surface area contributed by atoms with Crippen molar-refractivity contribution in [2.45, 2.75) is 90.4 Å². The van der Waals surface area contributed by atoms with E-state index in [1.54, 1.807) is 4.90 Å². The SMILES string of the molecule is CCC(C(=O)N(CC(=O)N(Cc1cccn1Cc1ccccc1)C1CCCCC1)C(C)C)c1ccccc1. The van der Waals surface area contributed by atoms with E-state index >= 15 is 0 Å². The largest absolute Gasteiger partial charge is 0.345 e. The second-order valence-electron chi connectivity index (χ2n) is 10.9. The molecule has 1 atom stereocenters. The molecule has 1 unspecified atom stereocenters. The lowest BCUT2D eigenvalue weighted by atomic mass is 9.93. The number of hydrogen-bond donors (Lipinski definition) is 0. The summed E-state index contributed by atoms with van der Waals surface area (Å²) in [7, 11) is 0. The highest BCUT2D eigenvalue weighted by Gasteiger charge is 2.32. The highest BCUT2D eigenvalue weighted by Crippen LogP contribution is 2.27. The van der Waals surface area contributed by atoms with E-state index in [2.05, 4.69) is 52.1 Å². The van der Waals surface area contributed by atoms with Crippen LogP contribution in [0.2, 0.25) is 0 Å². The summed E-state index contributed by atoms with van der Waals surface area (Å²) in [5.41, 5.74) is 3.38. The van der Waals surface area contributed by atoms with Crippen LogP contribution in [0.5, 0.6) is 0 Å². The van der Waals surface area contributed by atoms with E-state index in [1.165, 1.54) is 12.0 Å². The van der Waals surface area contributed by atoms with Crippen LogP contribution >= 0.6 is 0 Å². The number of benzene rings is 2. The van der Waals surface area contributed by atoms with Crippen molar-refractivity contribution in [1.82, 2.24) is 14.4 Å². The number of amides is 2. The summed E-state index contributed by atoms with van der Waals surface area (Å²) < 4.78 is 2.24. The Morgan fingerprint density at radius 3 is 2.18 bits per heavy atom. The summed E-state index contributed by atoms with van der Waals surface area (Å²) in [5, 5.41) is 0. The van der Waals surface area contributed by atoms with E-state index in [1.807, 2.05) is 57.2 Å². The van der Waals surface area contributed by atoms with Crippen molar-refractivity contribution in [1.29, 1.82) is 0 Å². The van der Waals surface area contributed by atoms with Gasteiger partial charge in [0, 0.05) is 30.5 Å². The van der Waals surface area contributed by atoms with Crippen LogP contribution < -0.4 is 0 Å². The van der Waals surface area contributed by atoms with Crippen LogP contribution in [0.3, 0.4) is 0 Å². The molecule has 5 nitrogen and oxygen atoms in total. The zero-order valence-electron chi connectivity index (χ0n) is 23.3. The number of hydrogen-bond acceptors (Lipinski definition) is 2. The summed E-state index contributed by atoms with van der Waals surface area (Å²) in [6, 6.07) is 24.7. The maximum absolute atomic E-state index is 14.0. The normalized spacial score (nSPS) is 14.8. The average Bonchev–Trinajstić information content (AvgIpc) is 3.38. The first-order valence-electron chi connectivity index (χ1n) is 14.3. The molecule has 38 heavy (non-hydrogen) atoms. The third kappa shape index (κ3) is 6.94. The molecule has 2 aromatic carbocycles. The Morgan fingerprint density at radius 1 is 0.895 bits per heavy atom. The lowest BCUT2D eigenvalue weighted by Crippen LogP contribution is -2.50. The van der Waals surface area contributed by atoms with Gasteiger partial charge in [-0.3, -0.25) is 9.59 Å². The predicted octanol–water partition coefficient (Wildman–Crippen LogP) is 6.63. The van der Waals surface area contributed by atoms with Gasteiger partial charge in [0.2, 0.25) is 11.8 Å². The molecule has 5 heteroatoms. The highest BCUT2D eigenvalue weighted by molar-refractivity contribution is 5.89. The van der Waals surface area contributed by atoms with E-state index in [0.717, 1.165) is 43.5 Å². The molecule has 1 saturated carbocycles. The topological polar surface area (TPSA) is 45.6 Å². The van der Waals surface area contributed by atoms with Gasteiger partial charge in [-0.1, -0.05) is 86.8 Å². The molecule has 3 aromatic rings. The van der Waals surface area contributed by atoms with E-state index in [0.29, 0.717) is 13.0 Å². The van der Waals surface area contributed by atoms with Crippen LogP contribution in [0.4, 0.5) is 0 Å². The summed E-state index contributed by atoms with van der Waals surface area (Å²) in [4.78, 5) is 31.7. The Balaban J connectivity index is 1.55. The van der Waals surface area contributed by atoms with Crippen LogP contribution in [0.1, 0.15) is 82.0 Å². The van der Waals surface area contributed by atoms with Crippen LogP contribution in [-0.2, 0) is 22.7 Å². The smallest absolute Gasteiger partial charge is 0.242 e. The predicted molar refractivity (Wildman–Crippen MR) is 154 cm³/mol. The Labute approximate surface area is 228 Å². The molecule has 0 spiro atoms. The van der Waals surface area contributed by atoms with Gasteiger partial charge < -0.3 is 14.4 Å². The van der Waals surface area contributed by atoms with Gasteiger partial charge in [0.1, 0.15) is 6.54 Å². The molecule has 202 valence electrons. The molecule has 1 aliphatic carbocycles. The molecular formula is C33H43N3O2. The highest BCUT2D eigenvalue weighted by atomic mass is 16.2. The van der Waals surface area contributed by atoms with Crippen molar-refractivity contribution in [3.8, 4) is 0 Å². The van der Waals surface area contributed by atoms with Gasteiger partial charge in [-0.2, -0.15) is 0 Å². The summed E-state index contributed by atoms with van der Waals surface area (Å²) in [6.07, 6.45) is 8.40. The second kappa shape index (κ2) is 13.5. The van der Waals surface area contributed by atoms with Crippen LogP contribution in [-0.4, -0.2) is 44.8 Å². The summed E-state index contributed by atoms with van der Waals surface area (Å²) in [6.45, 7) is 7.54. The van der Waals surface area contributed by atoms with E-state index in [9.17, 15) is 9.59 Å². The molecule has 0 aliphatic heterocycles. The van der Waals surface area contributed by atoms with Crippen molar-refractivity contribution in [2.24, 2.45) is 0 Å². The Hall–Kier alpha value is -3.34. The lowest BCUT2D eigenvalue weighted by molar-refractivity contribution is -0.145. The number of carbonyl (C=O) groups excluding carboxylic acids is 2. The number of rotatable bonds is 11. The molecule has 1 aliphatic rings. The van der Waals surface area contributed by atoms with Crippen molar-refractivity contribution < 1.29 is 9.59 Å². The molecule has 1 heterocycles. The maximum Gasteiger partial charge on any atom is 0.242 e. The van der Waals surface area contributed by atoms with Crippen molar-refractivity contribution in [2.75, 3.05) is 6.54 Å². The van der Waals surface area contributed by atoms with Crippen LogP contribution in [0, 0.1) is 0 Å². The molecule has 4 rings (SSSR count). The molecule has 0 radical (unpaired) electrons. The molecule has 0 N–H and O–H groups in total. The van der Waals surface area contributed by atoms with Crippen molar-refractivity contribution in [3.63, 3.8) is 0 Å². The number of carbonyl (C=O) groups is 2. The van der Waals surface area contributed by atoms with E-state index < -0.39 is 0 Å². The summed E-state index contributed by atoms with van der Waals surface area (Å²) in [5.74, 6) is -0.148. The minimum Gasteiger partial charge on any atom is -0.345 e. The first kappa shape index (κ1) is 27.7. The van der Waals surface area contributed by atoms with Gasteiger partial charge in [-0.15, -0.1) is 0 Å². The molecule has 1 aromatic heterocycles. The van der Waals surface area contributed by atoms with E-state index in [-0.39, 0.29) is 36.4 Å². The van der Waals surface area contributed by atoms with Crippen LogP contribution in [0.25, 0.3) is 0 Å². The number of nitrogens with zero attached hydrogens (tertiary/aromatic N) is 3. The minimum absolute atomic E-state index is 0.0399. The molecule has 1 fully saturated rings. The third-order valence-electron chi connectivity index (χ3n) is 7.91. The van der Waals surface area contributed by atoms with Gasteiger partial charge in [0.25, 0.3) is 0 Å². The van der Waals surface area contributed by atoms with Gasteiger partial charge in [-0.25, -0.2) is 0 Å². The average molecular weight is 514 g/mol. The Bertz CT molecular complexity index is 1150. The standard InChI is InChI=1S/C33H43N3O2/c1-4-31(28-17-10-6-11-18-28)33(38)35(26(2)3)25-32(37)36(29-19-12-7-13-20-29)24-30-21-14-22-34(30)23-27-15-8-5-9-16-27/h5-6,8-11,14-18,21-22,26,29,31H,4,7,12-13,19-20,23-25H2,1-3H3. The maximum atomic E-state index is 14.0. The first-order valence-corrected chi connectivity index (χ1v) is 14.3. The Morgan fingerprint density at radius 2 is 1.55 bits per heavy atom. The Kier molecular flexibility index (Phi) is 9.80. The molecule has 2 amide bonds.